The number of carbonyl (C=O) groups excluding carboxylic acids is 1. The molecular formula is C27H39NO2. The highest BCUT2D eigenvalue weighted by Crippen LogP contribution is 2.48. The molecule has 3 heteroatoms. The first-order valence-corrected chi connectivity index (χ1v) is 11.7. The van der Waals surface area contributed by atoms with Crippen molar-refractivity contribution in [1.29, 1.82) is 0 Å². The number of fused-ring (bicyclic) bond motifs is 1. The quantitative estimate of drug-likeness (QED) is 0.313. The third-order valence-corrected chi connectivity index (χ3v) is 6.84. The van der Waals surface area contributed by atoms with Gasteiger partial charge >= 0.3 is 0 Å². The second kappa shape index (κ2) is 11.1. The predicted octanol–water partition coefficient (Wildman–Crippen LogP) is 5.12. The molecular weight excluding hydrogens is 370 g/mol. The van der Waals surface area contributed by atoms with Gasteiger partial charge in [-0.1, -0.05) is 54.0 Å². The molecule has 0 spiro atoms. The van der Waals surface area contributed by atoms with Crippen LogP contribution in [0.3, 0.4) is 0 Å². The van der Waals surface area contributed by atoms with Gasteiger partial charge in [0.05, 0.1) is 6.10 Å². The van der Waals surface area contributed by atoms with E-state index in [1.807, 2.05) is 6.08 Å². The Kier molecular flexibility index (Phi) is 8.47. The number of hydrogen-bond acceptors (Lipinski definition) is 3. The van der Waals surface area contributed by atoms with Crippen LogP contribution in [0.5, 0.6) is 0 Å². The molecule has 0 saturated heterocycles. The van der Waals surface area contributed by atoms with E-state index >= 15 is 0 Å². The van der Waals surface area contributed by atoms with Gasteiger partial charge in [-0.25, -0.2) is 0 Å². The van der Waals surface area contributed by atoms with Crippen LogP contribution in [0.25, 0.3) is 0 Å². The van der Waals surface area contributed by atoms with Crippen LogP contribution in [0.1, 0.15) is 56.1 Å². The minimum absolute atomic E-state index is 0.126. The first-order chi connectivity index (χ1) is 14.4. The van der Waals surface area contributed by atoms with Crippen molar-refractivity contribution in [3.05, 3.63) is 59.2 Å². The summed E-state index contributed by atoms with van der Waals surface area (Å²) >= 11 is 0. The van der Waals surface area contributed by atoms with Crippen molar-refractivity contribution in [3.63, 3.8) is 0 Å². The number of aliphatic hydroxyl groups is 1. The van der Waals surface area contributed by atoms with E-state index in [1.54, 1.807) is 11.6 Å². The Bertz CT molecular complexity index is 747. The zero-order valence-electron chi connectivity index (χ0n) is 19.0. The van der Waals surface area contributed by atoms with E-state index in [1.165, 1.54) is 43.4 Å². The smallest absolute Gasteiger partial charge is 0.155 e. The number of allylic oxidation sites excluding steroid dienone is 3. The molecule has 2 aliphatic carbocycles. The molecule has 1 saturated carbocycles. The summed E-state index contributed by atoms with van der Waals surface area (Å²) < 4.78 is 0. The van der Waals surface area contributed by atoms with Crippen molar-refractivity contribution in [2.75, 3.05) is 20.6 Å². The summed E-state index contributed by atoms with van der Waals surface area (Å²) in [7, 11) is 4.26. The number of aliphatic hydroxyl groups excluding tert-OH is 1. The van der Waals surface area contributed by atoms with E-state index in [9.17, 15) is 9.90 Å². The number of hydrogen-bond donors (Lipinski definition) is 1. The van der Waals surface area contributed by atoms with Gasteiger partial charge in [0.25, 0.3) is 0 Å². The van der Waals surface area contributed by atoms with Gasteiger partial charge in [-0.05, 0) is 89.6 Å². The van der Waals surface area contributed by atoms with E-state index in [2.05, 4.69) is 56.3 Å². The molecule has 0 bridgehead atoms. The van der Waals surface area contributed by atoms with Gasteiger partial charge in [0.15, 0.2) is 5.78 Å². The minimum atomic E-state index is -0.306. The molecule has 1 aromatic carbocycles. The Balaban J connectivity index is 1.43. The number of ketones is 1. The van der Waals surface area contributed by atoms with Gasteiger partial charge in [0, 0.05) is 12.3 Å². The Labute approximate surface area is 182 Å². The van der Waals surface area contributed by atoms with Crippen LogP contribution in [0, 0.1) is 24.7 Å². The SMILES string of the molecule is Cc1ccc(CCC(=O)C=C[C@@H]2[C@H]3CC(CCCCCN(C)C)=C[C@H]3C[C@H]2O)cc1. The second-order valence-corrected chi connectivity index (χ2v) is 9.66. The van der Waals surface area contributed by atoms with Gasteiger partial charge in [-0.3, -0.25) is 4.79 Å². The molecule has 4 atom stereocenters. The lowest BCUT2D eigenvalue weighted by Crippen LogP contribution is -2.17. The van der Waals surface area contributed by atoms with Gasteiger partial charge in [-0.2, -0.15) is 0 Å². The molecule has 0 aliphatic heterocycles. The fourth-order valence-corrected chi connectivity index (χ4v) is 5.07. The average Bonchev–Trinajstić information content (AvgIpc) is 3.21. The molecule has 3 rings (SSSR count). The summed E-state index contributed by atoms with van der Waals surface area (Å²) in [4.78, 5) is 14.6. The number of unbranched alkanes of at least 4 members (excludes halogenated alkanes) is 2. The first-order valence-electron chi connectivity index (χ1n) is 11.7. The lowest BCUT2D eigenvalue weighted by atomic mass is 9.88. The summed E-state index contributed by atoms with van der Waals surface area (Å²) in [5.41, 5.74) is 4.03. The fraction of sp³-hybridized carbons (Fsp3) is 0.593. The van der Waals surface area contributed by atoms with E-state index in [4.69, 9.17) is 0 Å². The number of rotatable bonds is 11. The Morgan fingerprint density at radius 2 is 1.90 bits per heavy atom. The predicted molar refractivity (Wildman–Crippen MR) is 124 cm³/mol. The number of aryl methyl sites for hydroxylation is 2. The molecule has 1 aromatic rings. The monoisotopic (exact) mass is 409 g/mol. The van der Waals surface area contributed by atoms with Crippen LogP contribution in [-0.2, 0) is 11.2 Å². The van der Waals surface area contributed by atoms with Gasteiger partial charge in [0.2, 0.25) is 0 Å². The fourth-order valence-electron chi connectivity index (χ4n) is 5.07. The van der Waals surface area contributed by atoms with E-state index in [0.29, 0.717) is 18.3 Å². The van der Waals surface area contributed by atoms with Crippen molar-refractivity contribution in [3.8, 4) is 0 Å². The minimum Gasteiger partial charge on any atom is -0.392 e. The average molecular weight is 410 g/mol. The summed E-state index contributed by atoms with van der Waals surface area (Å²) in [5.74, 6) is 1.27. The lowest BCUT2D eigenvalue weighted by molar-refractivity contribution is -0.114. The zero-order valence-corrected chi connectivity index (χ0v) is 19.0. The van der Waals surface area contributed by atoms with Crippen LogP contribution < -0.4 is 0 Å². The van der Waals surface area contributed by atoms with E-state index in [0.717, 1.165) is 19.3 Å². The van der Waals surface area contributed by atoms with Crippen molar-refractivity contribution in [2.24, 2.45) is 17.8 Å². The van der Waals surface area contributed by atoms with Gasteiger partial charge < -0.3 is 10.0 Å². The Morgan fingerprint density at radius 3 is 2.63 bits per heavy atom. The van der Waals surface area contributed by atoms with E-state index < -0.39 is 0 Å². The summed E-state index contributed by atoms with van der Waals surface area (Å²) in [5, 5.41) is 10.5. The van der Waals surface area contributed by atoms with Crippen LogP contribution in [0.2, 0.25) is 0 Å². The molecule has 0 amide bonds. The number of nitrogens with zero attached hydrogens (tertiary/aromatic N) is 1. The molecule has 164 valence electrons. The topological polar surface area (TPSA) is 40.5 Å². The Morgan fingerprint density at radius 1 is 1.13 bits per heavy atom. The highest BCUT2D eigenvalue weighted by atomic mass is 16.3. The third kappa shape index (κ3) is 6.65. The third-order valence-electron chi connectivity index (χ3n) is 6.84. The molecule has 1 N–H and O–H groups in total. The summed E-state index contributed by atoms with van der Waals surface area (Å²) in [6.07, 6.45) is 14.2. The second-order valence-electron chi connectivity index (χ2n) is 9.66. The molecule has 0 heterocycles. The van der Waals surface area contributed by atoms with Crippen molar-refractivity contribution in [2.45, 2.75) is 64.4 Å². The van der Waals surface area contributed by atoms with Crippen LogP contribution >= 0.6 is 0 Å². The van der Waals surface area contributed by atoms with Crippen molar-refractivity contribution < 1.29 is 9.90 Å². The standard InChI is InChI=1S/C27H39NO2/c1-20-8-10-21(11-9-20)12-13-24(29)14-15-25-26-18-22(17-23(26)19-27(25)30)7-5-4-6-16-28(2)3/h8-11,14-15,17,23,25-27,30H,4-7,12-13,16,18-19H2,1-3H3/t23-,25+,26-,27+/m0/s1. The number of carbonyl (C=O) groups is 1. The molecule has 3 nitrogen and oxygen atoms in total. The molecule has 0 aromatic heterocycles. The highest BCUT2D eigenvalue weighted by molar-refractivity contribution is 5.89. The number of benzene rings is 1. The lowest BCUT2D eigenvalue weighted by Gasteiger charge is -2.18. The van der Waals surface area contributed by atoms with Crippen LogP contribution in [-0.4, -0.2) is 42.5 Å². The van der Waals surface area contributed by atoms with Gasteiger partial charge in [0.1, 0.15) is 0 Å². The normalized spacial score (nSPS) is 25.8. The molecule has 0 radical (unpaired) electrons. The first kappa shape index (κ1) is 23.0. The van der Waals surface area contributed by atoms with Crippen LogP contribution in [0.15, 0.2) is 48.1 Å². The maximum atomic E-state index is 12.4. The Hall–Kier alpha value is -1.71. The molecule has 1 fully saturated rings. The van der Waals surface area contributed by atoms with E-state index in [-0.39, 0.29) is 17.8 Å². The van der Waals surface area contributed by atoms with Gasteiger partial charge in [-0.15, -0.1) is 0 Å². The zero-order chi connectivity index (χ0) is 21.5. The highest BCUT2D eigenvalue weighted by Gasteiger charge is 2.43. The largest absolute Gasteiger partial charge is 0.392 e. The maximum Gasteiger partial charge on any atom is 0.155 e. The van der Waals surface area contributed by atoms with Crippen molar-refractivity contribution in [1.82, 2.24) is 4.90 Å². The van der Waals surface area contributed by atoms with Crippen molar-refractivity contribution >= 4 is 5.78 Å². The molecule has 0 unspecified atom stereocenters. The van der Waals surface area contributed by atoms with Crippen LogP contribution in [0.4, 0.5) is 0 Å². The molecule has 30 heavy (non-hydrogen) atoms. The molecule has 2 aliphatic rings. The summed E-state index contributed by atoms with van der Waals surface area (Å²) in [6, 6.07) is 8.39. The summed E-state index contributed by atoms with van der Waals surface area (Å²) in [6.45, 7) is 3.24. The maximum absolute atomic E-state index is 12.4.